The van der Waals surface area contributed by atoms with E-state index in [1.807, 2.05) is 6.07 Å². The van der Waals surface area contributed by atoms with Crippen molar-refractivity contribution in [1.29, 1.82) is 0 Å². The van der Waals surface area contributed by atoms with Crippen molar-refractivity contribution < 1.29 is 27.8 Å². The van der Waals surface area contributed by atoms with Crippen molar-refractivity contribution in [2.75, 3.05) is 19.0 Å². The van der Waals surface area contributed by atoms with Gasteiger partial charge in [0.25, 0.3) is 5.91 Å². The van der Waals surface area contributed by atoms with Gasteiger partial charge in [0.05, 0.1) is 18.4 Å². The molecule has 0 fully saturated rings. The standard InChI is InChI=1S/C31H34F2N2O4S/c1-5-8-21(38-4)12-11-19-9-7-10-23-22(19)13-14-27-28(23)34-31(40-27)35-29(36)20-16-25(32)24(26(33)17-20)15-18(3)30(37)39-6-2/h7,9-10,15-17,21H,5-6,8,11-14H2,1-4H3,(H,34,35,36). The number of esters is 1. The van der Waals surface area contributed by atoms with E-state index in [0.717, 1.165) is 72.9 Å². The largest absolute Gasteiger partial charge is 0.463 e. The second-order valence-corrected chi connectivity index (χ2v) is 10.9. The second-order valence-electron chi connectivity index (χ2n) is 9.77. The molecule has 0 spiro atoms. The molecule has 0 aliphatic heterocycles. The molecule has 0 radical (unpaired) electrons. The summed E-state index contributed by atoms with van der Waals surface area (Å²) in [6.45, 7) is 5.35. The normalized spacial score (nSPS) is 13.4. The predicted octanol–water partition coefficient (Wildman–Crippen LogP) is 7.15. The highest BCUT2D eigenvalue weighted by atomic mass is 32.1. The lowest BCUT2D eigenvalue weighted by molar-refractivity contribution is -0.138. The summed E-state index contributed by atoms with van der Waals surface area (Å²) in [5.41, 5.74) is 3.92. The maximum atomic E-state index is 14.7. The van der Waals surface area contributed by atoms with Crippen molar-refractivity contribution in [1.82, 2.24) is 4.98 Å². The molecule has 6 nitrogen and oxygen atoms in total. The zero-order chi connectivity index (χ0) is 28.8. The molecule has 0 saturated heterocycles. The summed E-state index contributed by atoms with van der Waals surface area (Å²) in [7, 11) is 1.76. The van der Waals surface area contributed by atoms with Gasteiger partial charge < -0.3 is 9.47 Å². The molecule has 0 bridgehead atoms. The van der Waals surface area contributed by atoms with Crippen molar-refractivity contribution >= 4 is 34.4 Å². The number of halogens is 2. The lowest BCUT2D eigenvalue weighted by Crippen LogP contribution is -2.13. The van der Waals surface area contributed by atoms with Gasteiger partial charge in [-0.1, -0.05) is 31.5 Å². The van der Waals surface area contributed by atoms with Crippen molar-refractivity contribution in [3.63, 3.8) is 0 Å². The van der Waals surface area contributed by atoms with E-state index in [2.05, 4.69) is 24.4 Å². The Morgan fingerprint density at radius 1 is 1.15 bits per heavy atom. The molecule has 3 aromatic rings. The molecule has 1 aliphatic carbocycles. The minimum atomic E-state index is -0.955. The highest BCUT2D eigenvalue weighted by Gasteiger charge is 2.24. The fraction of sp³-hybridized carbons (Fsp3) is 0.387. The van der Waals surface area contributed by atoms with Crippen molar-refractivity contribution in [2.24, 2.45) is 0 Å². The number of ether oxygens (including phenoxy) is 2. The van der Waals surface area contributed by atoms with E-state index < -0.39 is 29.1 Å². The summed E-state index contributed by atoms with van der Waals surface area (Å²) >= 11 is 1.37. The predicted molar refractivity (Wildman–Crippen MR) is 154 cm³/mol. The molecule has 0 saturated carbocycles. The Kier molecular flexibility index (Phi) is 9.81. The van der Waals surface area contributed by atoms with Gasteiger partial charge in [0, 0.05) is 34.3 Å². The highest BCUT2D eigenvalue weighted by molar-refractivity contribution is 7.16. The maximum Gasteiger partial charge on any atom is 0.333 e. The summed E-state index contributed by atoms with van der Waals surface area (Å²) in [6.07, 6.45) is 6.99. The number of fused-ring (bicyclic) bond motifs is 3. The van der Waals surface area contributed by atoms with Crippen LogP contribution in [0.3, 0.4) is 0 Å². The van der Waals surface area contributed by atoms with Gasteiger partial charge in [0.2, 0.25) is 0 Å². The van der Waals surface area contributed by atoms with Crippen LogP contribution in [0.25, 0.3) is 17.3 Å². The monoisotopic (exact) mass is 568 g/mol. The number of benzene rings is 2. The molecule has 1 N–H and O–H groups in total. The van der Waals surface area contributed by atoms with Crippen LogP contribution >= 0.6 is 11.3 Å². The molecule has 9 heteroatoms. The number of hydrogen-bond acceptors (Lipinski definition) is 6. The molecule has 40 heavy (non-hydrogen) atoms. The van der Waals surface area contributed by atoms with E-state index in [0.29, 0.717) is 5.13 Å². The molecule has 1 atom stereocenters. The smallest absolute Gasteiger partial charge is 0.333 e. The van der Waals surface area contributed by atoms with Crippen LogP contribution in [0.4, 0.5) is 13.9 Å². The minimum Gasteiger partial charge on any atom is -0.463 e. The molecule has 212 valence electrons. The summed E-state index contributed by atoms with van der Waals surface area (Å²) in [5.74, 6) is -3.25. The first kappa shape index (κ1) is 29.6. The van der Waals surface area contributed by atoms with E-state index in [9.17, 15) is 18.4 Å². The maximum absolute atomic E-state index is 14.7. The van der Waals surface area contributed by atoms with Crippen LogP contribution in [0.2, 0.25) is 0 Å². The van der Waals surface area contributed by atoms with E-state index in [4.69, 9.17) is 14.5 Å². The number of methoxy groups -OCH3 is 1. The topological polar surface area (TPSA) is 77.5 Å². The number of nitrogens with one attached hydrogen (secondary N) is 1. The van der Waals surface area contributed by atoms with Crippen molar-refractivity contribution in [3.8, 4) is 11.3 Å². The van der Waals surface area contributed by atoms with Crippen molar-refractivity contribution in [3.05, 3.63) is 74.7 Å². The summed E-state index contributed by atoms with van der Waals surface area (Å²) in [5, 5.41) is 3.08. The third-order valence-corrected chi connectivity index (χ3v) is 8.06. The summed E-state index contributed by atoms with van der Waals surface area (Å²) < 4.78 is 40.0. The number of carbonyl (C=O) groups excluding carboxylic acids is 2. The first-order chi connectivity index (χ1) is 19.2. The van der Waals surface area contributed by atoms with Crippen LogP contribution in [-0.2, 0) is 33.5 Å². The number of thiazole rings is 1. The van der Waals surface area contributed by atoms with Crippen LogP contribution in [0.15, 0.2) is 35.9 Å². The molecule has 1 heterocycles. The van der Waals surface area contributed by atoms with Gasteiger partial charge in [0.15, 0.2) is 5.13 Å². The van der Waals surface area contributed by atoms with Gasteiger partial charge >= 0.3 is 5.97 Å². The number of carbonyl (C=O) groups is 2. The first-order valence-electron chi connectivity index (χ1n) is 13.5. The second kappa shape index (κ2) is 13.3. The minimum absolute atomic E-state index is 0.0492. The summed E-state index contributed by atoms with van der Waals surface area (Å²) in [4.78, 5) is 30.5. The van der Waals surface area contributed by atoms with Gasteiger partial charge in [-0.2, -0.15) is 0 Å². The third kappa shape index (κ3) is 6.64. The number of anilines is 1. The lowest BCUT2D eigenvalue weighted by Gasteiger charge is -2.20. The van der Waals surface area contributed by atoms with Crippen LogP contribution < -0.4 is 5.32 Å². The van der Waals surface area contributed by atoms with E-state index >= 15 is 0 Å². The Morgan fingerprint density at radius 3 is 2.58 bits per heavy atom. The van der Waals surface area contributed by atoms with Crippen molar-refractivity contribution in [2.45, 2.75) is 65.4 Å². The molecule has 1 unspecified atom stereocenters. The number of rotatable bonds is 11. The van der Waals surface area contributed by atoms with Crippen LogP contribution in [-0.4, -0.2) is 36.7 Å². The van der Waals surface area contributed by atoms with Crippen LogP contribution in [0, 0.1) is 11.6 Å². The van der Waals surface area contributed by atoms with E-state index in [-0.39, 0.29) is 23.8 Å². The van der Waals surface area contributed by atoms with E-state index in [1.54, 1.807) is 14.0 Å². The SMILES string of the molecule is CCCC(CCc1cccc2c1CCc1sc(NC(=O)c3cc(F)c(C=C(C)C(=O)OCC)c(F)c3)nc1-2)OC. The number of nitrogens with zero attached hydrogens (tertiary/aromatic N) is 1. The first-order valence-corrected chi connectivity index (χ1v) is 14.4. The Morgan fingerprint density at radius 2 is 1.90 bits per heavy atom. The lowest BCUT2D eigenvalue weighted by atomic mass is 9.87. The van der Waals surface area contributed by atoms with E-state index in [1.165, 1.54) is 29.4 Å². The van der Waals surface area contributed by atoms with Crippen LogP contribution in [0.1, 0.15) is 72.0 Å². The highest BCUT2D eigenvalue weighted by Crippen LogP contribution is 2.40. The quantitative estimate of drug-likeness (QED) is 0.196. The molecule has 4 rings (SSSR count). The average molecular weight is 569 g/mol. The summed E-state index contributed by atoms with van der Waals surface area (Å²) in [6, 6.07) is 8.14. The molecular formula is C31H34F2N2O4S. The molecule has 1 amide bonds. The Bertz CT molecular complexity index is 1410. The number of hydrogen-bond donors (Lipinski definition) is 1. The van der Waals surface area contributed by atoms with Gasteiger partial charge in [-0.15, -0.1) is 11.3 Å². The number of amides is 1. The van der Waals surface area contributed by atoms with Gasteiger partial charge in [-0.25, -0.2) is 18.6 Å². The molecule has 2 aromatic carbocycles. The zero-order valence-corrected chi connectivity index (χ0v) is 24.1. The molecular weight excluding hydrogens is 534 g/mol. The molecule has 1 aliphatic rings. The zero-order valence-electron chi connectivity index (χ0n) is 23.2. The van der Waals surface area contributed by atoms with Gasteiger partial charge in [-0.3, -0.25) is 10.1 Å². The fourth-order valence-corrected chi connectivity index (χ4v) is 5.94. The Balaban J connectivity index is 1.52. The van der Waals surface area contributed by atoms with Crippen LogP contribution in [0.5, 0.6) is 0 Å². The number of aromatic nitrogens is 1. The third-order valence-electron chi connectivity index (χ3n) is 7.03. The average Bonchev–Trinajstić information content (AvgIpc) is 3.35. The van der Waals surface area contributed by atoms with Gasteiger partial charge in [0.1, 0.15) is 11.6 Å². The Hall–Kier alpha value is -3.43. The van der Waals surface area contributed by atoms with Gasteiger partial charge in [-0.05, 0) is 75.3 Å². The fourth-order valence-electron chi connectivity index (χ4n) is 4.97. The number of aryl methyl sites for hydroxylation is 2. The Labute approximate surface area is 237 Å². The molecule has 1 aromatic heterocycles.